The number of hydrogen-bond donors (Lipinski definition) is 3. The maximum atomic E-state index is 13.4. The van der Waals surface area contributed by atoms with Gasteiger partial charge < -0.3 is 15.1 Å². The van der Waals surface area contributed by atoms with E-state index in [0.717, 1.165) is 40.8 Å². The highest BCUT2D eigenvalue weighted by Gasteiger charge is 2.64. The molecular weight excluding hydrogens is 625 g/mol. The van der Waals surface area contributed by atoms with Crippen molar-refractivity contribution >= 4 is 46.8 Å². The van der Waals surface area contributed by atoms with E-state index < -0.39 is 13.9 Å². The quantitative estimate of drug-likeness (QED) is 0.245. The van der Waals surface area contributed by atoms with Gasteiger partial charge in [0.1, 0.15) is 5.78 Å². The fourth-order valence-corrected chi connectivity index (χ4v) is 12.2. The third-order valence-corrected chi connectivity index (χ3v) is 14.2. The molecule has 230 valence electrons. The van der Waals surface area contributed by atoms with E-state index in [-0.39, 0.29) is 58.2 Å². The Bertz CT molecular complexity index is 1200. The Labute approximate surface area is 257 Å². The molecule has 0 aliphatic heterocycles. The molecule has 10 heteroatoms. The van der Waals surface area contributed by atoms with E-state index >= 15 is 0 Å². The average Bonchev–Trinajstić information content (AvgIpc) is 3.45. The number of ketones is 1. The molecule has 7 nitrogen and oxygen atoms in total. The molecule has 0 bridgehead atoms. The predicted octanol–water partition coefficient (Wildman–Crippen LogP) is 7.67. The Kier molecular flexibility index (Phi) is 9.12. The number of Topliss-reactive ketones (excluding diaryl/α,β-unsaturated/α-hetero) is 1. The number of hydrogen-bond acceptors (Lipinski definition) is 5. The first-order valence-electron chi connectivity index (χ1n) is 15.4. The van der Waals surface area contributed by atoms with Gasteiger partial charge in [-0.1, -0.05) is 34.6 Å². The largest absolute Gasteiger partial charge is 0.469 e. The van der Waals surface area contributed by atoms with Crippen molar-refractivity contribution in [2.45, 2.75) is 105 Å². The number of fused-ring (bicyclic) bond motifs is 5. The highest BCUT2D eigenvalue weighted by atomic mass is 79.9. The number of halogens is 1. The van der Waals surface area contributed by atoms with Crippen molar-refractivity contribution in [2.24, 2.45) is 52.3 Å². The Morgan fingerprint density at radius 1 is 1.15 bits per heavy atom. The maximum absolute atomic E-state index is 13.4. The summed E-state index contributed by atoms with van der Waals surface area (Å²) in [6, 6.07) is 4.09. The predicted molar refractivity (Wildman–Crippen MR) is 164 cm³/mol. The highest BCUT2D eigenvalue weighted by molar-refractivity contribution is 9.11. The highest BCUT2D eigenvalue weighted by Crippen LogP contribution is 2.69. The molecule has 0 aromatic carbocycles. The van der Waals surface area contributed by atoms with Crippen LogP contribution in [0.25, 0.3) is 0 Å². The summed E-state index contributed by atoms with van der Waals surface area (Å²) in [6.07, 6.45) is 6.49. The van der Waals surface area contributed by atoms with E-state index in [1.54, 1.807) is 11.3 Å². The molecule has 1 aromatic heterocycles. The zero-order valence-corrected chi connectivity index (χ0v) is 28.3. The van der Waals surface area contributed by atoms with Gasteiger partial charge in [0.25, 0.3) is 0 Å². The van der Waals surface area contributed by atoms with Crippen LogP contribution in [0.3, 0.4) is 0 Å². The van der Waals surface area contributed by atoms with E-state index in [2.05, 4.69) is 61.9 Å². The Morgan fingerprint density at radius 3 is 2.49 bits per heavy atom. The zero-order valence-electron chi connectivity index (χ0n) is 25.0. The van der Waals surface area contributed by atoms with Crippen molar-refractivity contribution in [2.75, 3.05) is 0 Å². The molecule has 1 heterocycles. The first-order chi connectivity index (χ1) is 19.1. The molecule has 4 aliphatic carbocycles. The summed E-state index contributed by atoms with van der Waals surface area (Å²) in [5.41, 5.74) is -0.0119. The van der Waals surface area contributed by atoms with Crippen LogP contribution in [0.2, 0.25) is 0 Å². The topological polar surface area (TPSA) is 113 Å². The zero-order chi connectivity index (χ0) is 29.9. The Hall–Kier alpha value is -0.570. The van der Waals surface area contributed by atoms with Crippen LogP contribution < -0.4 is 5.32 Å². The number of carbonyl (C=O) groups excluding carboxylic acids is 2. The van der Waals surface area contributed by atoms with Crippen LogP contribution in [-0.2, 0) is 18.7 Å². The van der Waals surface area contributed by atoms with Gasteiger partial charge in [-0.05, 0) is 119 Å². The number of carbonyl (C=O) groups is 2. The van der Waals surface area contributed by atoms with Crippen molar-refractivity contribution in [3.8, 4) is 0 Å². The second-order valence-corrected chi connectivity index (χ2v) is 18.1. The van der Waals surface area contributed by atoms with Gasteiger partial charge in [-0.2, -0.15) is 0 Å². The fraction of sp³-hybridized carbons (Fsp3) is 0.806. The summed E-state index contributed by atoms with van der Waals surface area (Å²) >= 11 is 5.21. The minimum absolute atomic E-state index is 0.000893. The molecule has 0 saturated heterocycles. The second-order valence-electron chi connectivity index (χ2n) is 14.4. The van der Waals surface area contributed by atoms with Crippen molar-refractivity contribution < 1.29 is 28.5 Å². The van der Waals surface area contributed by atoms with E-state index in [4.69, 9.17) is 4.52 Å². The monoisotopic (exact) mass is 671 g/mol. The normalized spacial score (nSPS) is 38.6. The molecule has 0 spiro atoms. The van der Waals surface area contributed by atoms with Crippen LogP contribution in [-0.4, -0.2) is 27.6 Å². The molecular formula is C31H47BrNO6PS. The third-order valence-electron chi connectivity index (χ3n) is 11.9. The molecule has 4 fully saturated rings. The standard InChI is InChI=1S/C31H47BrNO6PS/c1-17(2)29(25-8-9-26(32)41-25)33-27(35)14-18(3)21-6-7-22-28-23(11-13-31(21,22)5)30(4)12-10-20(34)15-19(30)16-24(28)39-40(36,37)38/h8-9,17-19,21-24,28-29H,6-7,10-16H2,1-5H3,(H,33,35)(H2,36,37,38)/t18-,19+,21-,22+,23+,24-,28+,29-,30+,31-/m1/s1. The SMILES string of the molecule is CC(C)[C@@H](NC(=O)C[C@@H](C)[C@H]1CC[C@H]2[C@@H]3[C@H](OP(=O)(O)O)C[C@@H]4CC(=O)CC[C@]4(C)[C@H]3CC[C@]12C)c1ccc(Br)s1. The summed E-state index contributed by atoms with van der Waals surface area (Å²) in [5.74, 6) is 1.94. The van der Waals surface area contributed by atoms with Gasteiger partial charge in [0, 0.05) is 24.1 Å². The Morgan fingerprint density at radius 2 is 1.85 bits per heavy atom. The lowest BCUT2D eigenvalue weighted by atomic mass is 9.44. The number of amides is 1. The van der Waals surface area contributed by atoms with Crippen LogP contribution in [0.1, 0.15) is 103 Å². The molecule has 4 aliphatic rings. The van der Waals surface area contributed by atoms with E-state index in [0.29, 0.717) is 37.5 Å². The first-order valence-corrected chi connectivity index (χ1v) is 18.6. The molecule has 5 rings (SSSR count). The lowest BCUT2D eigenvalue weighted by molar-refractivity contribution is -0.166. The number of rotatable bonds is 8. The summed E-state index contributed by atoms with van der Waals surface area (Å²) in [6.45, 7) is 11.2. The van der Waals surface area contributed by atoms with Gasteiger partial charge >= 0.3 is 7.82 Å². The Balaban J connectivity index is 1.34. The van der Waals surface area contributed by atoms with Crippen LogP contribution in [0.4, 0.5) is 0 Å². The summed E-state index contributed by atoms with van der Waals surface area (Å²) in [5, 5.41) is 3.32. The summed E-state index contributed by atoms with van der Waals surface area (Å²) in [7, 11) is -4.68. The van der Waals surface area contributed by atoms with Crippen molar-refractivity contribution in [1.82, 2.24) is 5.32 Å². The molecule has 3 N–H and O–H groups in total. The number of thiophene rings is 1. The number of nitrogens with one attached hydrogen (secondary N) is 1. The molecule has 41 heavy (non-hydrogen) atoms. The lowest BCUT2D eigenvalue weighted by Crippen LogP contribution is -2.58. The molecule has 1 aromatic rings. The number of phosphoric ester groups is 1. The van der Waals surface area contributed by atoms with Gasteiger partial charge in [-0.25, -0.2) is 4.57 Å². The third kappa shape index (κ3) is 6.20. The average molecular weight is 673 g/mol. The molecule has 0 radical (unpaired) electrons. The summed E-state index contributed by atoms with van der Waals surface area (Å²) in [4.78, 5) is 46.7. The minimum atomic E-state index is -4.68. The van der Waals surface area contributed by atoms with E-state index in [9.17, 15) is 23.9 Å². The van der Waals surface area contributed by atoms with Gasteiger partial charge in [-0.3, -0.25) is 14.1 Å². The van der Waals surface area contributed by atoms with Crippen LogP contribution >= 0.6 is 35.1 Å². The van der Waals surface area contributed by atoms with Gasteiger partial charge in [0.2, 0.25) is 5.91 Å². The van der Waals surface area contributed by atoms with Crippen molar-refractivity contribution in [3.63, 3.8) is 0 Å². The van der Waals surface area contributed by atoms with Gasteiger partial charge in [0.05, 0.1) is 15.9 Å². The van der Waals surface area contributed by atoms with Crippen molar-refractivity contribution in [3.05, 3.63) is 20.8 Å². The van der Waals surface area contributed by atoms with E-state index in [1.165, 1.54) is 0 Å². The molecule has 1 amide bonds. The lowest BCUT2D eigenvalue weighted by Gasteiger charge is -2.62. The molecule has 0 unspecified atom stereocenters. The first kappa shape index (κ1) is 31.8. The van der Waals surface area contributed by atoms with Crippen LogP contribution in [0.5, 0.6) is 0 Å². The van der Waals surface area contributed by atoms with Crippen molar-refractivity contribution in [1.29, 1.82) is 0 Å². The minimum Gasteiger partial charge on any atom is -0.348 e. The fourth-order valence-electron chi connectivity index (χ4n) is 9.98. The van der Waals surface area contributed by atoms with E-state index in [1.807, 2.05) is 6.07 Å². The molecule has 4 saturated carbocycles. The van der Waals surface area contributed by atoms with Crippen LogP contribution in [0.15, 0.2) is 15.9 Å². The smallest absolute Gasteiger partial charge is 0.348 e. The summed E-state index contributed by atoms with van der Waals surface area (Å²) < 4.78 is 18.8. The second kappa shape index (κ2) is 11.7. The number of phosphoric acid groups is 1. The maximum Gasteiger partial charge on any atom is 0.469 e. The van der Waals surface area contributed by atoms with Gasteiger partial charge in [0.15, 0.2) is 0 Å². The van der Waals surface area contributed by atoms with Gasteiger partial charge in [-0.15, -0.1) is 11.3 Å². The van der Waals surface area contributed by atoms with Crippen LogP contribution in [0, 0.1) is 52.3 Å². The molecule has 10 atom stereocenters.